The van der Waals surface area contributed by atoms with Crippen molar-refractivity contribution < 1.29 is 19.6 Å². The highest BCUT2D eigenvalue weighted by Crippen LogP contribution is 2.33. The molecule has 0 saturated carbocycles. The number of nitro groups is 1. The topological polar surface area (TPSA) is 111 Å². The number of imidazole rings is 1. The number of hydrogen-bond acceptors (Lipinski definition) is 7. The van der Waals surface area contributed by atoms with E-state index in [1.807, 2.05) is 4.90 Å². The summed E-state index contributed by atoms with van der Waals surface area (Å²) in [7, 11) is 1.69. The molecule has 1 aliphatic heterocycles. The minimum Gasteiger partial charge on any atom is -0.393 e. The first-order valence-electron chi connectivity index (χ1n) is 8.71. The van der Waals surface area contributed by atoms with Crippen molar-refractivity contribution in [1.29, 1.82) is 0 Å². The molecule has 2 heterocycles. The molecule has 9 heteroatoms. The summed E-state index contributed by atoms with van der Waals surface area (Å²) < 4.78 is 7.04. The van der Waals surface area contributed by atoms with Crippen LogP contribution in [0.15, 0.2) is 30.6 Å². The van der Waals surface area contributed by atoms with Gasteiger partial charge in [-0.3, -0.25) is 14.9 Å². The molecular weight excluding hydrogens is 352 g/mol. The Kier molecular flexibility index (Phi) is 5.52. The van der Waals surface area contributed by atoms with Crippen molar-refractivity contribution >= 4 is 17.2 Å². The smallest absolute Gasteiger partial charge is 0.293 e. The number of aliphatic hydroxyl groups is 1. The van der Waals surface area contributed by atoms with E-state index in [4.69, 9.17) is 4.74 Å². The van der Waals surface area contributed by atoms with Crippen LogP contribution < -0.4 is 4.90 Å². The van der Waals surface area contributed by atoms with Crippen LogP contribution in [0.3, 0.4) is 0 Å². The van der Waals surface area contributed by atoms with Crippen molar-refractivity contribution in [3.8, 4) is 0 Å². The molecule has 1 fully saturated rings. The maximum Gasteiger partial charge on any atom is 0.293 e. The fourth-order valence-electron chi connectivity index (χ4n) is 3.33. The zero-order valence-corrected chi connectivity index (χ0v) is 15.2. The van der Waals surface area contributed by atoms with Crippen molar-refractivity contribution in [2.24, 2.45) is 7.05 Å². The molecule has 1 N–H and O–H groups in total. The van der Waals surface area contributed by atoms with Gasteiger partial charge in [0, 0.05) is 37.6 Å². The third-order valence-corrected chi connectivity index (χ3v) is 4.61. The van der Waals surface area contributed by atoms with Crippen LogP contribution in [0.25, 0.3) is 0 Å². The minimum absolute atomic E-state index is 0.146. The summed E-state index contributed by atoms with van der Waals surface area (Å²) in [6, 6.07) is 4.29. The zero-order valence-electron chi connectivity index (χ0n) is 15.2. The number of rotatable bonds is 6. The number of hydrogen-bond donors (Lipinski definition) is 1. The fraction of sp³-hybridized carbons (Fsp3) is 0.444. The Bertz CT molecular complexity index is 848. The van der Waals surface area contributed by atoms with Crippen LogP contribution in [0, 0.1) is 10.1 Å². The summed E-state index contributed by atoms with van der Waals surface area (Å²) in [6.07, 6.45) is 3.03. The average molecular weight is 374 g/mol. The molecule has 2 unspecified atom stereocenters. The van der Waals surface area contributed by atoms with Crippen LogP contribution in [0.2, 0.25) is 0 Å². The lowest BCUT2D eigenvalue weighted by Crippen LogP contribution is -2.47. The molecular formula is C18H22N4O5. The first-order valence-corrected chi connectivity index (χ1v) is 8.71. The lowest BCUT2D eigenvalue weighted by atomic mass is 10.0. The van der Waals surface area contributed by atoms with Gasteiger partial charge in [-0.25, -0.2) is 4.98 Å². The first-order chi connectivity index (χ1) is 12.9. The number of carbonyl (C=O) groups excluding carboxylic acids is 1. The molecule has 1 aliphatic rings. The van der Waals surface area contributed by atoms with Crippen molar-refractivity contribution in [2.45, 2.75) is 25.5 Å². The second kappa shape index (κ2) is 7.85. The number of aliphatic hydroxyl groups excluding tert-OH is 1. The minimum atomic E-state index is -0.553. The standard InChI is InChI=1S/C18H22N4O5/c1-12(23)9-14-11-27-8-7-21(14)15-4-3-13(10-16(15)22(25)26)17(24)18-19-5-6-20(18)2/h3-6,10,12,14,23H,7-9,11H2,1-2H3. The van der Waals surface area contributed by atoms with Crippen molar-refractivity contribution in [2.75, 3.05) is 24.7 Å². The number of aromatic nitrogens is 2. The molecule has 1 saturated heterocycles. The summed E-state index contributed by atoms with van der Waals surface area (Å²) >= 11 is 0. The highest BCUT2D eigenvalue weighted by molar-refractivity contribution is 6.07. The highest BCUT2D eigenvalue weighted by atomic mass is 16.6. The molecule has 0 amide bonds. The van der Waals surface area contributed by atoms with Gasteiger partial charge >= 0.3 is 0 Å². The second-order valence-corrected chi connectivity index (χ2v) is 6.66. The molecule has 9 nitrogen and oxygen atoms in total. The van der Waals surface area contributed by atoms with Crippen LogP contribution in [-0.2, 0) is 11.8 Å². The van der Waals surface area contributed by atoms with E-state index in [0.717, 1.165) is 0 Å². The van der Waals surface area contributed by atoms with Crippen LogP contribution in [0.4, 0.5) is 11.4 Å². The first kappa shape index (κ1) is 19.0. The molecule has 1 aromatic carbocycles. The maximum atomic E-state index is 12.6. The van der Waals surface area contributed by atoms with Gasteiger partial charge in [0.15, 0.2) is 5.82 Å². The zero-order chi connectivity index (χ0) is 19.6. The number of nitro benzene ring substituents is 1. The van der Waals surface area contributed by atoms with Gasteiger partial charge in [0.1, 0.15) is 5.69 Å². The number of aryl methyl sites for hydroxylation is 1. The molecule has 27 heavy (non-hydrogen) atoms. The lowest BCUT2D eigenvalue weighted by molar-refractivity contribution is -0.384. The van der Waals surface area contributed by atoms with Gasteiger partial charge < -0.3 is 19.3 Å². The van der Waals surface area contributed by atoms with E-state index in [0.29, 0.717) is 31.9 Å². The molecule has 144 valence electrons. The Morgan fingerprint density at radius 3 is 2.93 bits per heavy atom. The summed E-state index contributed by atoms with van der Waals surface area (Å²) in [5.74, 6) is -0.157. The monoisotopic (exact) mass is 374 g/mol. The largest absolute Gasteiger partial charge is 0.393 e. The molecule has 0 radical (unpaired) electrons. The number of anilines is 1. The van der Waals surface area contributed by atoms with Crippen LogP contribution >= 0.6 is 0 Å². The van der Waals surface area contributed by atoms with Crippen molar-refractivity contribution in [1.82, 2.24) is 9.55 Å². The predicted molar refractivity (Wildman–Crippen MR) is 98.0 cm³/mol. The van der Waals surface area contributed by atoms with Gasteiger partial charge in [0.25, 0.3) is 5.69 Å². The molecule has 1 aromatic heterocycles. The molecule has 0 spiro atoms. The SMILES string of the molecule is CC(O)CC1COCCN1c1ccc(C(=O)c2nccn2C)cc1[N+](=O)[O-]. The average Bonchev–Trinajstić information content (AvgIpc) is 3.06. The van der Waals surface area contributed by atoms with Gasteiger partial charge in [-0.1, -0.05) is 0 Å². The van der Waals surface area contributed by atoms with Gasteiger partial charge in [0.05, 0.1) is 30.3 Å². The van der Waals surface area contributed by atoms with Crippen LogP contribution in [0.1, 0.15) is 29.5 Å². The van der Waals surface area contributed by atoms with Gasteiger partial charge in [0.2, 0.25) is 5.78 Å². The number of ether oxygens (including phenoxy) is 1. The van der Waals surface area contributed by atoms with E-state index in [1.54, 1.807) is 36.9 Å². The van der Waals surface area contributed by atoms with E-state index >= 15 is 0 Å². The molecule has 2 aromatic rings. The Hall–Kier alpha value is -2.78. The Labute approximate surface area is 156 Å². The van der Waals surface area contributed by atoms with Crippen LogP contribution in [0.5, 0.6) is 0 Å². The summed E-state index contributed by atoms with van der Waals surface area (Å²) in [4.78, 5) is 29.7. The van der Waals surface area contributed by atoms with E-state index < -0.39 is 11.0 Å². The predicted octanol–water partition coefficient (Wildman–Crippen LogP) is 1.54. The van der Waals surface area contributed by atoms with Gasteiger partial charge in [-0.2, -0.15) is 0 Å². The lowest BCUT2D eigenvalue weighted by Gasteiger charge is -2.37. The van der Waals surface area contributed by atoms with E-state index in [-0.39, 0.29) is 28.9 Å². The normalized spacial score (nSPS) is 18.3. The Morgan fingerprint density at radius 2 is 2.30 bits per heavy atom. The quantitative estimate of drug-likeness (QED) is 0.464. The van der Waals surface area contributed by atoms with E-state index in [2.05, 4.69) is 4.98 Å². The Morgan fingerprint density at radius 1 is 1.52 bits per heavy atom. The molecule has 0 bridgehead atoms. The Balaban J connectivity index is 1.97. The number of nitrogens with zero attached hydrogens (tertiary/aromatic N) is 4. The number of carbonyl (C=O) groups is 1. The van der Waals surface area contributed by atoms with Gasteiger partial charge in [-0.15, -0.1) is 0 Å². The van der Waals surface area contributed by atoms with Crippen molar-refractivity contribution in [3.05, 3.63) is 52.1 Å². The third kappa shape index (κ3) is 3.99. The third-order valence-electron chi connectivity index (χ3n) is 4.61. The number of ketones is 1. The summed E-state index contributed by atoms with van der Waals surface area (Å²) in [6.45, 7) is 2.98. The summed E-state index contributed by atoms with van der Waals surface area (Å²) in [5.41, 5.74) is 0.484. The highest BCUT2D eigenvalue weighted by Gasteiger charge is 2.30. The fourth-order valence-corrected chi connectivity index (χ4v) is 3.33. The van der Waals surface area contributed by atoms with Crippen molar-refractivity contribution in [3.63, 3.8) is 0 Å². The van der Waals surface area contributed by atoms with E-state index in [1.165, 1.54) is 12.3 Å². The molecule has 3 rings (SSSR count). The van der Waals surface area contributed by atoms with Crippen LogP contribution in [-0.4, -0.2) is 57.3 Å². The number of morpholine rings is 1. The van der Waals surface area contributed by atoms with Gasteiger partial charge in [-0.05, 0) is 25.5 Å². The second-order valence-electron chi connectivity index (χ2n) is 6.66. The van der Waals surface area contributed by atoms with E-state index in [9.17, 15) is 20.0 Å². The molecule has 2 atom stereocenters. The molecule has 0 aliphatic carbocycles. The number of benzene rings is 1. The summed E-state index contributed by atoms with van der Waals surface area (Å²) in [5, 5.41) is 21.4. The maximum absolute atomic E-state index is 12.6.